The molecule has 2 nitrogen and oxygen atoms in total. The van der Waals surface area contributed by atoms with E-state index in [1.54, 1.807) is 0 Å². The van der Waals surface area contributed by atoms with Gasteiger partial charge in [-0.25, -0.2) is 0 Å². The largest absolute Gasteiger partial charge is 0.419 e. The first kappa shape index (κ1) is 14.3. The lowest BCUT2D eigenvalue weighted by atomic mass is 10.0. The molecule has 0 unspecified atom stereocenters. The third kappa shape index (κ3) is 2.57. The van der Waals surface area contributed by atoms with Gasteiger partial charge in [-0.05, 0) is 17.5 Å². The normalized spacial score (nSPS) is 12.7. The van der Waals surface area contributed by atoms with Crippen LogP contribution < -0.4 is 11.1 Å². The van der Waals surface area contributed by atoms with Crippen molar-refractivity contribution in [2.75, 3.05) is 11.1 Å². The predicted octanol–water partition coefficient (Wildman–Crippen LogP) is 3.88. The van der Waals surface area contributed by atoms with Gasteiger partial charge in [-0.15, -0.1) is 0 Å². The van der Waals surface area contributed by atoms with Crippen molar-refractivity contribution in [2.24, 2.45) is 0 Å². The zero-order valence-corrected chi connectivity index (χ0v) is 8.20. The highest BCUT2D eigenvalue weighted by molar-refractivity contribution is 5.72. The molecule has 0 atom stereocenters. The molecule has 102 valence electrons. The summed E-state index contributed by atoms with van der Waals surface area (Å²) in [6.07, 6.45) is -11.0. The maximum Gasteiger partial charge on any atom is 0.419 e. The van der Waals surface area contributed by atoms with Crippen LogP contribution in [0.25, 0.3) is 0 Å². The zero-order valence-electron chi connectivity index (χ0n) is 8.20. The topological polar surface area (TPSA) is 29.3 Å². The lowest BCUT2D eigenvalue weighted by Gasteiger charge is -2.20. The van der Waals surface area contributed by atoms with E-state index in [9.17, 15) is 35.3 Å². The van der Waals surface area contributed by atoms with Crippen LogP contribution in [0.1, 0.15) is 11.1 Å². The van der Waals surface area contributed by atoms with E-state index in [0.717, 1.165) is 0 Å². The average Bonchev–Trinajstić information content (AvgIpc) is 2.12. The van der Waals surface area contributed by atoms with Crippen molar-refractivity contribution >= 4 is 11.4 Å². The van der Waals surface area contributed by atoms with Gasteiger partial charge in [-0.3, -0.25) is 0 Å². The number of anilines is 2. The second-order valence-electron chi connectivity index (χ2n) is 3.15. The maximum atomic E-state index is 12.5. The lowest BCUT2D eigenvalue weighted by molar-refractivity contribution is -0.162. The molecule has 0 saturated carbocycles. The minimum absolute atomic E-state index is 0.00512. The Balaban J connectivity index is 3.72. The Morgan fingerprint density at radius 2 is 1.39 bits per heavy atom. The Hall–Kier alpha value is -1.74. The molecule has 10 heteroatoms. The van der Waals surface area contributed by atoms with Gasteiger partial charge in [0.25, 0.3) is 0 Å². The monoisotopic (exact) mass is 280 g/mol. The Bertz CT molecular complexity index is 448. The van der Waals surface area contributed by atoms with Crippen molar-refractivity contribution in [3.63, 3.8) is 0 Å². The number of nitrogens with zero attached hydrogens (tertiary/aromatic N) is 1. The minimum atomic E-state index is -5.62. The summed E-state index contributed by atoms with van der Waals surface area (Å²) in [7, 11) is 0. The third-order valence-corrected chi connectivity index (χ3v) is 1.97. The molecule has 1 aromatic carbocycles. The van der Waals surface area contributed by atoms with Crippen LogP contribution in [0.5, 0.6) is 0 Å². The molecule has 0 amide bonds. The van der Waals surface area contributed by atoms with Crippen LogP contribution in [0.4, 0.5) is 46.7 Å². The van der Waals surface area contributed by atoms with E-state index in [1.165, 1.54) is 0 Å². The molecule has 1 rings (SSSR count). The van der Waals surface area contributed by atoms with Crippen LogP contribution in [0.3, 0.4) is 0 Å². The van der Waals surface area contributed by atoms with E-state index in [0.29, 0.717) is 6.07 Å². The Kier molecular flexibility index (Phi) is 3.32. The zero-order chi connectivity index (χ0) is 14.3. The first-order valence-corrected chi connectivity index (χ1v) is 4.14. The first-order valence-electron chi connectivity index (χ1n) is 4.14. The molecule has 0 aliphatic rings. The molecule has 0 heterocycles. The van der Waals surface area contributed by atoms with Gasteiger partial charge in [-0.2, -0.15) is 26.3 Å². The average molecular weight is 280 g/mol. The summed E-state index contributed by atoms with van der Waals surface area (Å²) in [5.74, 6) is 0. The summed E-state index contributed by atoms with van der Waals surface area (Å²) >= 11 is 0. The second kappa shape index (κ2) is 4.18. The minimum Gasteiger partial charge on any atom is -0.397 e. The first-order chi connectivity index (χ1) is 7.96. The summed E-state index contributed by atoms with van der Waals surface area (Å²) in [4.78, 5) is 0. The number of rotatable bonds is 1. The van der Waals surface area contributed by atoms with Gasteiger partial charge in [0.15, 0.2) is 0 Å². The van der Waals surface area contributed by atoms with Crippen molar-refractivity contribution in [3.8, 4) is 0 Å². The molecule has 2 N–H and O–H groups in total. The van der Waals surface area contributed by atoms with Crippen molar-refractivity contribution in [2.45, 2.75) is 12.4 Å². The van der Waals surface area contributed by atoms with E-state index >= 15 is 0 Å². The molecule has 0 aliphatic heterocycles. The molecule has 0 saturated heterocycles. The highest BCUT2D eigenvalue weighted by Gasteiger charge is 2.47. The molecule has 0 aromatic heterocycles. The van der Waals surface area contributed by atoms with Gasteiger partial charge < -0.3 is 5.73 Å². The smallest absolute Gasteiger partial charge is 0.397 e. The van der Waals surface area contributed by atoms with Crippen molar-refractivity contribution < 1.29 is 35.3 Å². The summed E-state index contributed by atoms with van der Waals surface area (Å²) < 4.78 is 99.0. The molecule has 0 fully saturated rings. The second-order valence-corrected chi connectivity index (χ2v) is 3.15. The van der Waals surface area contributed by atoms with Gasteiger partial charge in [0.05, 0.1) is 16.8 Å². The van der Waals surface area contributed by atoms with E-state index < -0.39 is 40.2 Å². The van der Waals surface area contributed by atoms with E-state index in [4.69, 9.17) is 5.73 Å². The summed E-state index contributed by atoms with van der Waals surface area (Å²) in [6, 6.07) is 0.338. The number of alkyl halides is 6. The van der Waals surface area contributed by atoms with Gasteiger partial charge >= 0.3 is 12.4 Å². The standard InChI is InChI=1S/C8H4F8N2/c9-7(10,11)3-1-2-4(17)6(18(15)16)5(3)8(12,13)14/h1-2H,17H2. The van der Waals surface area contributed by atoms with Crippen LogP contribution in [-0.2, 0) is 12.4 Å². The molecule has 18 heavy (non-hydrogen) atoms. The van der Waals surface area contributed by atoms with Crippen molar-refractivity contribution in [1.82, 2.24) is 0 Å². The van der Waals surface area contributed by atoms with Gasteiger partial charge in [0.1, 0.15) is 5.69 Å². The highest BCUT2D eigenvalue weighted by Crippen LogP contribution is 2.47. The molecule has 0 radical (unpaired) electrons. The van der Waals surface area contributed by atoms with Crippen LogP contribution in [0.15, 0.2) is 12.1 Å². The Labute approximate surface area is 94.5 Å². The summed E-state index contributed by atoms with van der Waals surface area (Å²) in [6.45, 7) is 0. The van der Waals surface area contributed by atoms with E-state index in [1.807, 2.05) is 0 Å². The number of hydrogen-bond donors (Lipinski definition) is 1. The van der Waals surface area contributed by atoms with Crippen LogP contribution in [0, 0.1) is 0 Å². The third-order valence-electron chi connectivity index (χ3n) is 1.97. The highest BCUT2D eigenvalue weighted by atomic mass is 19.4. The number of benzene rings is 1. The number of halogens is 8. The van der Waals surface area contributed by atoms with Crippen LogP contribution in [0.2, 0.25) is 0 Å². The van der Waals surface area contributed by atoms with E-state index in [-0.39, 0.29) is 6.07 Å². The lowest BCUT2D eigenvalue weighted by Crippen LogP contribution is -2.20. The van der Waals surface area contributed by atoms with Crippen molar-refractivity contribution in [1.29, 1.82) is 0 Å². The summed E-state index contributed by atoms with van der Waals surface area (Å²) in [5.41, 5.74) is -3.02. The number of hydrogen-bond acceptors (Lipinski definition) is 2. The fraction of sp³-hybridized carbons (Fsp3) is 0.250. The number of nitrogens with two attached hydrogens (primary N) is 1. The van der Waals surface area contributed by atoms with E-state index in [2.05, 4.69) is 0 Å². The predicted molar refractivity (Wildman–Crippen MR) is 45.6 cm³/mol. The van der Waals surface area contributed by atoms with Crippen LogP contribution >= 0.6 is 0 Å². The molecule has 0 spiro atoms. The van der Waals surface area contributed by atoms with Crippen molar-refractivity contribution in [3.05, 3.63) is 23.3 Å². The maximum absolute atomic E-state index is 12.5. The summed E-state index contributed by atoms with van der Waals surface area (Å²) in [5, 5.41) is -2.09. The fourth-order valence-corrected chi connectivity index (χ4v) is 1.31. The molecular formula is C8H4F8N2. The Morgan fingerprint density at radius 1 is 0.889 bits per heavy atom. The Morgan fingerprint density at radius 3 is 1.72 bits per heavy atom. The van der Waals surface area contributed by atoms with Gasteiger partial charge in [0.2, 0.25) is 0 Å². The SMILES string of the molecule is Nc1ccc(C(F)(F)F)c(C(F)(F)F)c1N(F)F. The molecule has 1 aromatic rings. The number of nitrogen functional groups attached to an aromatic ring is 1. The quantitative estimate of drug-likeness (QED) is 0.480. The van der Waals surface area contributed by atoms with Crippen LogP contribution in [-0.4, -0.2) is 0 Å². The molecule has 0 bridgehead atoms. The van der Waals surface area contributed by atoms with Gasteiger partial charge in [0, 0.05) is 0 Å². The molecular weight excluding hydrogens is 276 g/mol. The molecule has 0 aliphatic carbocycles. The van der Waals surface area contributed by atoms with Gasteiger partial charge in [-0.1, -0.05) is 8.96 Å². The fourth-order valence-electron chi connectivity index (χ4n) is 1.31.